The minimum Gasteiger partial charge on any atom is -0.450 e. The van der Waals surface area contributed by atoms with Crippen molar-refractivity contribution in [1.29, 1.82) is 0 Å². The largest absolute Gasteiger partial charge is 0.450 e. The van der Waals surface area contributed by atoms with E-state index in [0.29, 0.717) is 12.5 Å². The van der Waals surface area contributed by atoms with Crippen LogP contribution in [0.15, 0.2) is 0 Å². The Morgan fingerprint density at radius 3 is 2.33 bits per heavy atom. The van der Waals surface area contributed by atoms with Gasteiger partial charge in [-0.2, -0.15) is 0 Å². The number of amides is 1. The van der Waals surface area contributed by atoms with E-state index < -0.39 is 10.8 Å². The summed E-state index contributed by atoms with van der Waals surface area (Å²) in [6.45, 7) is 9.73. The van der Waals surface area contributed by atoms with Gasteiger partial charge in [-0.3, -0.25) is 4.21 Å². The number of rotatable bonds is 3. The first kappa shape index (κ1) is 15.5. The van der Waals surface area contributed by atoms with Crippen molar-refractivity contribution in [3.8, 4) is 0 Å². The van der Waals surface area contributed by atoms with Crippen LogP contribution in [0.3, 0.4) is 0 Å². The topological polar surface area (TPSA) is 46.6 Å². The molecule has 0 aromatic rings. The Hall–Kier alpha value is -0.580. The summed E-state index contributed by atoms with van der Waals surface area (Å²) >= 11 is 0. The van der Waals surface area contributed by atoms with Crippen molar-refractivity contribution < 1.29 is 13.7 Å². The Kier molecular flexibility index (Phi) is 5.63. The highest BCUT2D eigenvalue weighted by Crippen LogP contribution is 2.22. The Morgan fingerprint density at radius 2 is 1.89 bits per heavy atom. The van der Waals surface area contributed by atoms with E-state index in [9.17, 15) is 9.00 Å². The molecule has 0 saturated carbocycles. The molecule has 1 amide bonds. The maximum absolute atomic E-state index is 12.1. The minimum absolute atomic E-state index is 0.141. The summed E-state index contributed by atoms with van der Waals surface area (Å²) in [5.74, 6) is 1.22. The van der Waals surface area contributed by atoms with Crippen LogP contribution in [0.5, 0.6) is 0 Å². The molecule has 1 aliphatic rings. The lowest BCUT2D eigenvalue weighted by Crippen LogP contribution is -2.40. The van der Waals surface area contributed by atoms with Gasteiger partial charge in [0.1, 0.15) is 0 Å². The number of carbonyl (C=O) groups is 1. The van der Waals surface area contributed by atoms with Gasteiger partial charge < -0.3 is 9.64 Å². The number of hydrogen-bond donors (Lipinski definition) is 0. The predicted molar refractivity (Wildman–Crippen MR) is 74.1 cm³/mol. The molecular formula is C13H25NO3S. The lowest BCUT2D eigenvalue weighted by atomic mass is 9.99. The first-order valence-electron chi connectivity index (χ1n) is 6.64. The van der Waals surface area contributed by atoms with Crippen LogP contribution >= 0.6 is 0 Å². The van der Waals surface area contributed by atoms with Crippen molar-refractivity contribution in [3.05, 3.63) is 0 Å². The van der Waals surface area contributed by atoms with Crippen molar-refractivity contribution in [2.24, 2.45) is 5.92 Å². The van der Waals surface area contributed by atoms with Crippen molar-refractivity contribution >= 4 is 16.9 Å². The molecule has 0 bridgehead atoms. The summed E-state index contributed by atoms with van der Waals surface area (Å²) in [5, 5.41) is 0. The van der Waals surface area contributed by atoms with Gasteiger partial charge >= 0.3 is 6.09 Å². The highest BCUT2D eigenvalue weighted by Gasteiger charge is 2.28. The van der Waals surface area contributed by atoms with Gasteiger partial charge in [0.2, 0.25) is 0 Å². The number of ether oxygens (including phenoxy) is 1. The number of likely N-dealkylation sites (tertiary alicyclic amines) is 1. The fourth-order valence-corrected chi connectivity index (χ4v) is 3.22. The van der Waals surface area contributed by atoms with E-state index in [1.54, 1.807) is 4.90 Å². The van der Waals surface area contributed by atoms with Crippen LogP contribution in [-0.2, 0) is 15.5 Å². The third kappa shape index (κ3) is 4.59. The van der Waals surface area contributed by atoms with Gasteiger partial charge in [0.05, 0.1) is 6.61 Å². The zero-order chi connectivity index (χ0) is 13.8. The van der Waals surface area contributed by atoms with E-state index in [1.807, 2.05) is 27.7 Å². The summed E-state index contributed by atoms with van der Waals surface area (Å²) in [7, 11) is -0.795. The van der Waals surface area contributed by atoms with Crippen LogP contribution in [0.2, 0.25) is 0 Å². The normalized spacial score (nSPS) is 19.7. The molecule has 1 fully saturated rings. The highest BCUT2D eigenvalue weighted by molar-refractivity contribution is 7.86. The average Bonchev–Trinajstić information content (AvgIpc) is 2.29. The van der Waals surface area contributed by atoms with Gasteiger partial charge in [0, 0.05) is 34.4 Å². The Morgan fingerprint density at radius 1 is 1.33 bits per heavy atom. The fourth-order valence-electron chi connectivity index (χ4n) is 1.96. The van der Waals surface area contributed by atoms with Gasteiger partial charge in [-0.25, -0.2) is 4.79 Å². The monoisotopic (exact) mass is 275 g/mol. The molecule has 18 heavy (non-hydrogen) atoms. The molecule has 0 aliphatic carbocycles. The van der Waals surface area contributed by atoms with Crippen LogP contribution in [0.1, 0.15) is 40.5 Å². The van der Waals surface area contributed by atoms with Crippen LogP contribution < -0.4 is 0 Å². The molecule has 0 aromatic heterocycles. The van der Waals surface area contributed by atoms with Gasteiger partial charge in [-0.05, 0) is 46.5 Å². The highest BCUT2D eigenvalue weighted by atomic mass is 32.2. The van der Waals surface area contributed by atoms with Crippen molar-refractivity contribution in [2.45, 2.75) is 45.3 Å². The average molecular weight is 275 g/mol. The molecule has 4 nitrogen and oxygen atoms in total. The first-order chi connectivity index (χ1) is 8.34. The number of piperidine rings is 1. The molecule has 0 radical (unpaired) electrons. The van der Waals surface area contributed by atoms with E-state index in [-0.39, 0.29) is 10.8 Å². The molecule has 0 N–H and O–H groups in total. The van der Waals surface area contributed by atoms with Crippen LogP contribution in [0, 0.1) is 5.92 Å². The molecule has 1 atom stereocenters. The lowest BCUT2D eigenvalue weighted by molar-refractivity contribution is 0.0936. The quantitative estimate of drug-likeness (QED) is 0.794. The van der Waals surface area contributed by atoms with E-state index in [4.69, 9.17) is 4.74 Å². The van der Waals surface area contributed by atoms with Crippen molar-refractivity contribution in [2.75, 3.05) is 25.4 Å². The summed E-state index contributed by atoms with van der Waals surface area (Å²) < 4.78 is 16.9. The maximum atomic E-state index is 12.1. The number of nitrogens with zero attached hydrogens (tertiary/aromatic N) is 1. The second kappa shape index (κ2) is 6.55. The molecular weight excluding hydrogens is 250 g/mol. The minimum atomic E-state index is -0.795. The molecule has 106 valence electrons. The summed E-state index contributed by atoms with van der Waals surface area (Å²) in [6.07, 6.45) is 1.65. The van der Waals surface area contributed by atoms with Gasteiger partial charge in [0.25, 0.3) is 0 Å². The number of hydrogen-bond acceptors (Lipinski definition) is 3. The van der Waals surface area contributed by atoms with E-state index >= 15 is 0 Å². The fraction of sp³-hybridized carbons (Fsp3) is 0.923. The molecule has 1 unspecified atom stereocenters. The second-order valence-electron chi connectivity index (χ2n) is 5.75. The molecule has 1 heterocycles. The van der Waals surface area contributed by atoms with Crippen LogP contribution in [0.4, 0.5) is 4.79 Å². The van der Waals surface area contributed by atoms with Gasteiger partial charge in [-0.15, -0.1) is 0 Å². The molecule has 0 aromatic carbocycles. The zero-order valence-corrected chi connectivity index (χ0v) is 12.7. The van der Waals surface area contributed by atoms with E-state index in [0.717, 1.165) is 31.7 Å². The molecule has 1 saturated heterocycles. The van der Waals surface area contributed by atoms with E-state index in [2.05, 4.69) is 0 Å². The predicted octanol–water partition coefficient (Wildman–Crippen LogP) is 2.40. The third-order valence-electron chi connectivity index (χ3n) is 3.21. The van der Waals surface area contributed by atoms with Gasteiger partial charge in [-0.1, -0.05) is 0 Å². The summed E-state index contributed by atoms with van der Waals surface area (Å²) in [5.41, 5.74) is 0. The van der Waals surface area contributed by atoms with E-state index in [1.165, 1.54) is 0 Å². The molecule has 1 rings (SSSR count). The summed E-state index contributed by atoms with van der Waals surface area (Å²) in [4.78, 5) is 13.3. The molecule has 0 spiro atoms. The Bertz CT molecular complexity index is 304. The van der Waals surface area contributed by atoms with Crippen molar-refractivity contribution in [3.63, 3.8) is 0 Å². The third-order valence-corrected chi connectivity index (χ3v) is 5.35. The standard InChI is InChI=1S/C13H25NO3S/c1-5-17-12(15)14-8-6-11(7-9-14)10-18(16)13(2,3)4/h11H,5-10H2,1-4H3. The first-order valence-corrected chi connectivity index (χ1v) is 7.96. The second-order valence-corrected chi connectivity index (χ2v) is 8.00. The lowest BCUT2D eigenvalue weighted by Gasteiger charge is -2.32. The zero-order valence-electron chi connectivity index (χ0n) is 11.9. The smallest absolute Gasteiger partial charge is 0.409 e. The van der Waals surface area contributed by atoms with Crippen molar-refractivity contribution in [1.82, 2.24) is 4.90 Å². The Labute approximate surface area is 113 Å². The van der Waals surface area contributed by atoms with Crippen LogP contribution in [0.25, 0.3) is 0 Å². The van der Waals surface area contributed by atoms with Crippen LogP contribution in [-0.4, -0.2) is 45.4 Å². The number of carbonyl (C=O) groups excluding carboxylic acids is 1. The molecule has 5 heteroatoms. The molecule has 1 aliphatic heterocycles. The maximum Gasteiger partial charge on any atom is 0.409 e. The Balaban J connectivity index is 2.36. The van der Waals surface area contributed by atoms with Gasteiger partial charge in [0.15, 0.2) is 0 Å². The SMILES string of the molecule is CCOC(=O)N1CCC(CS(=O)C(C)(C)C)CC1. The summed E-state index contributed by atoms with van der Waals surface area (Å²) in [6, 6.07) is 0.